The van der Waals surface area contributed by atoms with Gasteiger partial charge in [-0.15, -0.1) is 5.10 Å². The van der Waals surface area contributed by atoms with E-state index >= 15 is 0 Å². The molecule has 1 unspecified atom stereocenters. The molecule has 84 valence electrons. The Bertz CT molecular complexity index is 500. The van der Waals surface area contributed by atoms with Crippen LogP contribution in [0.15, 0.2) is 6.33 Å². The van der Waals surface area contributed by atoms with Gasteiger partial charge in [0.2, 0.25) is 5.65 Å². The van der Waals surface area contributed by atoms with E-state index < -0.39 is 0 Å². The van der Waals surface area contributed by atoms with Gasteiger partial charge in [-0.05, 0) is 13.0 Å². The number of nitrogens with zero attached hydrogens (tertiary/aromatic N) is 5. The van der Waals surface area contributed by atoms with Crippen molar-refractivity contribution in [3.8, 4) is 0 Å². The molecule has 0 amide bonds. The van der Waals surface area contributed by atoms with Gasteiger partial charge in [-0.25, -0.2) is 14.6 Å². The van der Waals surface area contributed by atoms with E-state index in [1.54, 1.807) is 4.68 Å². The Morgan fingerprint density at radius 3 is 3.25 bits per heavy atom. The van der Waals surface area contributed by atoms with Crippen LogP contribution in [0, 0.1) is 0 Å². The summed E-state index contributed by atoms with van der Waals surface area (Å²) in [5.74, 6) is 0.811. The Labute approximate surface area is 92.3 Å². The molecule has 16 heavy (non-hydrogen) atoms. The van der Waals surface area contributed by atoms with Crippen molar-refractivity contribution in [2.24, 2.45) is 7.05 Å². The molecule has 2 N–H and O–H groups in total. The molecule has 1 aliphatic rings. The minimum atomic E-state index is 0.424. The summed E-state index contributed by atoms with van der Waals surface area (Å²) in [5, 5.41) is 14.6. The predicted molar refractivity (Wildman–Crippen MR) is 59.0 cm³/mol. The second kappa shape index (κ2) is 3.67. The number of hydrogen-bond acceptors (Lipinski definition) is 6. The molecule has 1 atom stereocenters. The summed E-state index contributed by atoms with van der Waals surface area (Å²) in [6.07, 6.45) is 2.62. The molecule has 7 heteroatoms. The Morgan fingerprint density at radius 2 is 2.44 bits per heavy atom. The highest BCUT2D eigenvalue weighted by atomic mass is 15.4. The van der Waals surface area contributed by atoms with Crippen molar-refractivity contribution in [2.75, 3.05) is 18.4 Å². The van der Waals surface area contributed by atoms with Gasteiger partial charge in [0.25, 0.3) is 0 Å². The predicted octanol–water partition coefficient (Wildman–Crippen LogP) is -0.468. The molecular formula is C9H13N7. The van der Waals surface area contributed by atoms with Crippen LogP contribution in [0.1, 0.15) is 6.42 Å². The van der Waals surface area contributed by atoms with Gasteiger partial charge in [-0.2, -0.15) is 0 Å². The first kappa shape index (κ1) is 9.46. The van der Waals surface area contributed by atoms with Crippen LogP contribution >= 0.6 is 0 Å². The highest BCUT2D eigenvalue weighted by Gasteiger charge is 2.17. The van der Waals surface area contributed by atoms with E-state index in [0.717, 1.165) is 30.8 Å². The SMILES string of the molecule is Cn1nnc2ncnc(NC3CCNC3)c21. The maximum atomic E-state index is 4.25. The molecule has 3 rings (SSSR count). The Morgan fingerprint density at radius 1 is 1.50 bits per heavy atom. The minimum absolute atomic E-state index is 0.424. The van der Waals surface area contributed by atoms with Gasteiger partial charge in [-0.1, -0.05) is 5.21 Å². The molecule has 0 saturated carbocycles. The first-order valence-electron chi connectivity index (χ1n) is 5.32. The average molecular weight is 219 g/mol. The van der Waals surface area contributed by atoms with E-state index in [4.69, 9.17) is 0 Å². The molecule has 0 aliphatic carbocycles. The number of nitrogens with one attached hydrogen (secondary N) is 2. The topological polar surface area (TPSA) is 80.5 Å². The molecule has 0 spiro atoms. The second-order valence-corrected chi connectivity index (χ2v) is 3.94. The summed E-state index contributed by atoms with van der Waals surface area (Å²) in [5.41, 5.74) is 1.49. The fourth-order valence-corrected chi connectivity index (χ4v) is 1.97. The summed E-state index contributed by atoms with van der Waals surface area (Å²) >= 11 is 0. The molecule has 0 bridgehead atoms. The lowest BCUT2D eigenvalue weighted by atomic mass is 10.2. The van der Waals surface area contributed by atoms with Gasteiger partial charge in [0.05, 0.1) is 0 Å². The first-order valence-corrected chi connectivity index (χ1v) is 5.32. The smallest absolute Gasteiger partial charge is 0.207 e. The third-order valence-corrected chi connectivity index (χ3v) is 2.80. The second-order valence-electron chi connectivity index (χ2n) is 3.94. The maximum Gasteiger partial charge on any atom is 0.207 e. The average Bonchev–Trinajstić information content (AvgIpc) is 2.90. The van der Waals surface area contributed by atoms with Crippen molar-refractivity contribution in [1.29, 1.82) is 0 Å². The van der Waals surface area contributed by atoms with Crippen LogP contribution < -0.4 is 10.6 Å². The van der Waals surface area contributed by atoms with Crippen LogP contribution in [0.4, 0.5) is 5.82 Å². The monoisotopic (exact) mass is 219 g/mol. The quantitative estimate of drug-likeness (QED) is 0.711. The molecular weight excluding hydrogens is 206 g/mol. The third kappa shape index (κ3) is 1.49. The molecule has 7 nitrogen and oxygen atoms in total. The highest BCUT2D eigenvalue weighted by molar-refractivity contribution is 5.82. The van der Waals surface area contributed by atoms with Crippen LogP contribution in [0.3, 0.4) is 0 Å². The lowest BCUT2D eigenvalue weighted by Gasteiger charge is -2.12. The molecule has 2 aromatic rings. The number of rotatable bonds is 2. The largest absolute Gasteiger partial charge is 0.364 e. The lowest BCUT2D eigenvalue weighted by molar-refractivity contribution is 0.733. The van der Waals surface area contributed by atoms with E-state index in [1.807, 2.05) is 7.05 Å². The number of hydrogen-bond donors (Lipinski definition) is 2. The van der Waals surface area contributed by atoms with Gasteiger partial charge in [0.15, 0.2) is 5.82 Å². The van der Waals surface area contributed by atoms with E-state index in [2.05, 4.69) is 30.9 Å². The number of aromatic nitrogens is 5. The normalized spacial score (nSPS) is 20.4. The van der Waals surface area contributed by atoms with Crippen molar-refractivity contribution in [3.63, 3.8) is 0 Å². The highest BCUT2D eigenvalue weighted by Crippen LogP contribution is 2.17. The van der Waals surface area contributed by atoms with Crippen LogP contribution in [-0.2, 0) is 7.05 Å². The molecule has 1 aliphatic heterocycles. The summed E-state index contributed by atoms with van der Waals surface area (Å²) in [6, 6.07) is 0.424. The van der Waals surface area contributed by atoms with Crippen molar-refractivity contribution in [1.82, 2.24) is 30.3 Å². The molecule has 0 aromatic carbocycles. The van der Waals surface area contributed by atoms with Crippen molar-refractivity contribution >= 4 is 17.0 Å². The minimum Gasteiger partial charge on any atom is -0.364 e. The number of fused-ring (bicyclic) bond motifs is 1. The summed E-state index contributed by atoms with van der Waals surface area (Å²) < 4.78 is 1.69. The zero-order chi connectivity index (χ0) is 11.0. The Kier molecular flexibility index (Phi) is 2.17. The summed E-state index contributed by atoms with van der Waals surface area (Å²) in [7, 11) is 1.84. The van der Waals surface area contributed by atoms with Gasteiger partial charge in [0.1, 0.15) is 11.8 Å². The van der Waals surface area contributed by atoms with Crippen LogP contribution in [0.25, 0.3) is 11.2 Å². The van der Waals surface area contributed by atoms with E-state index in [9.17, 15) is 0 Å². The number of anilines is 1. The van der Waals surface area contributed by atoms with E-state index in [1.165, 1.54) is 6.33 Å². The maximum absolute atomic E-state index is 4.25. The van der Waals surface area contributed by atoms with Crippen LogP contribution in [-0.4, -0.2) is 44.1 Å². The fourth-order valence-electron chi connectivity index (χ4n) is 1.97. The first-order chi connectivity index (χ1) is 7.84. The zero-order valence-electron chi connectivity index (χ0n) is 9.01. The van der Waals surface area contributed by atoms with Crippen molar-refractivity contribution in [2.45, 2.75) is 12.5 Å². The summed E-state index contributed by atoms with van der Waals surface area (Å²) in [6.45, 7) is 2.02. The van der Waals surface area contributed by atoms with Crippen LogP contribution in [0.2, 0.25) is 0 Å². The molecule has 1 fully saturated rings. The molecule has 3 heterocycles. The van der Waals surface area contributed by atoms with Crippen molar-refractivity contribution < 1.29 is 0 Å². The Balaban J connectivity index is 1.98. The van der Waals surface area contributed by atoms with E-state index in [0.29, 0.717) is 11.7 Å². The van der Waals surface area contributed by atoms with Gasteiger partial charge in [0, 0.05) is 19.6 Å². The standard InChI is InChI=1S/C9H13N7/c1-16-7-8(13-6-2-3-10-4-6)11-5-12-9(7)14-15-16/h5-6,10H,2-4H2,1H3,(H,11,12,13). The van der Waals surface area contributed by atoms with Gasteiger partial charge < -0.3 is 10.6 Å². The fraction of sp³-hybridized carbons (Fsp3) is 0.556. The molecule has 2 aromatic heterocycles. The van der Waals surface area contributed by atoms with Gasteiger partial charge >= 0.3 is 0 Å². The lowest BCUT2D eigenvalue weighted by Crippen LogP contribution is -2.23. The number of aryl methyl sites for hydroxylation is 1. The zero-order valence-corrected chi connectivity index (χ0v) is 9.01. The Hall–Kier alpha value is -1.76. The van der Waals surface area contributed by atoms with Gasteiger partial charge in [-0.3, -0.25) is 0 Å². The van der Waals surface area contributed by atoms with Crippen molar-refractivity contribution in [3.05, 3.63) is 6.33 Å². The third-order valence-electron chi connectivity index (χ3n) is 2.80. The van der Waals surface area contributed by atoms with Crippen LogP contribution in [0.5, 0.6) is 0 Å². The van der Waals surface area contributed by atoms with E-state index in [-0.39, 0.29) is 0 Å². The summed E-state index contributed by atoms with van der Waals surface area (Å²) in [4.78, 5) is 8.33. The molecule has 0 radical (unpaired) electrons. The molecule has 1 saturated heterocycles.